The molecule has 0 amide bonds. The number of hydrogen-bond donors (Lipinski definition) is 1. The molecule has 2 aromatic rings. The van der Waals surface area contributed by atoms with E-state index < -0.39 is 5.97 Å². The first-order chi connectivity index (χ1) is 9.79. The topological polar surface area (TPSA) is 60.5 Å². The van der Waals surface area contributed by atoms with Gasteiger partial charge >= 0.3 is 5.97 Å². The molecule has 1 N–H and O–H groups in total. The predicted molar refractivity (Wildman–Crippen MR) is 75.5 cm³/mol. The lowest BCUT2D eigenvalue weighted by Crippen LogP contribution is -2.13. The molecule has 1 aromatic heterocycles. The molecule has 0 aliphatic heterocycles. The summed E-state index contributed by atoms with van der Waals surface area (Å²) in [4.78, 5) is 15.1. The highest BCUT2D eigenvalue weighted by Gasteiger charge is 2.06. The molecule has 0 aliphatic rings. The highest BCUT2D eigenvalue weighted by Crippen LogP contribution is 2.19. The third-order valence-corrected chi connectivity index (χ3v) is 2.69. The van der Waals surface area contributed by atoms with Crippen LogP contribution in [-0.2, 0) is 16.1 Å². The largest absolute Gasteiger partial charge is 0.482 e. The van der Waals surface area contributed by atoms with Crippen molar-refractivity contribution in [2.75, 3.05) is 19.0 Å². The van der Waals surface area contributed by atoms with E-state index in [9.17, 15) is 4.79 Å². The molecule has 1 aromatic carbocycles. The Morgan fingerprint density at radius 1 is 1.25 bits per heavy atom. The number of carbonyl (C=O) groups excluding carboxylic acids is 1. The third-order valence-electron chi connectivity index (χ3n) is 2.69. The van der Waals surface area contributed by atoms with Gasteiger partial charge in [-0.1, -0.05) is 18.2 Å². The molecule has 0 bridgehead atoms. The highest BCUT2D eigenvalue weighted by atomic mass is 16.6. The number of anilines is 1. The van der Waals surface area contributed by atoms with Crippen molar-refractivity contribution in [3.63, 3.8) is 0 Å². The molecule has 0 unspecified atom stereocenters. The molecule has 0 radical (unpaired) electrons. The number of esters is 1. The van der Waals surface area contributed by atoms with Crippen LogP contribution in [0.25, 0.3) is 0 Å². The molecule has 0 saturated heterocycles. The number of ether oxygens (including phenoxy) is 2. The number of para-hydroxylation sites is 1. The Kier molecular flexibility index (Phi) is 4.94. The second-order valence-corrected chi connectivity index (χ2v) is 4.07. The maximum atomic E-state index is 11.1. The van der Waals surface area contributed by atoms with Crippen LogP contribution in [0.2, 0.25) is 0 Å². The summed E-state index contributed by atoms with van der Waals surface area (Å²) in [6, 6.07) is 11.3. The summed E-state index contributed by atoms with van der Waals surface area (Å²) in [5.41, 5.74) is 1.88. The normalized spacial score (nSPS) is 9.85. The van der Waals surface area contributed by atoms with Crippen molar-refractivity contribution in [2.24, 2.45) is 0 Å². The van der Waals surface area contributed by atoms with Crippen LogP contribution in [0, 0.1) is 0 Å². The van der Waals surface area contributed by atoms with Gasteiger partial charge in [0.2, 0.25) is 0 Å². The summed E-state index contributed by atoms with van der Waals surface area (Å²) in [6.07, 6.45) is 3.47. The molecule has 5 heteroatoms. The zero-order chi connectivity index (χ0) is 14.2. The summed E-state index contributed by atoms with van der Waals surface area (Å²) < 4.78 is 10.0. The van der Waals surface area contributed by atoms with Crippen LogP contribution in [0.15, 0.2) is 48.8 Å². The van der Waals surface area contributed by atoms with E-state index >= 15 is 0 Å². The maximum absolute atomic E-state index is 11.1. The minimum atomic E-state index is -0.403. The molecular formula is C15H16N2O3. The lowest BCUT2D eigenvalue weighted by Gasteiger charge is -2.11. The maximum Gasteiger partial charge on any atom is 0.343 e. The molecule has 0 saturated carbocycles. The average molecular weight is 272 g/mol. The van der Waals surface area contributed by atoms with E-state index in [2.05, 4.69) is 15.0 Å². The lowest BCUT2D eigenvalue weighted by molar-refractivity contribution is -0.142. The van der Waals surface area contributed by atoms with E-state index in [1.54, 1.807) is 12.4 Å². The molecule has 0 fully saturated rings. The first-order valence-corrected chi connectivity index (χ1v) is 6.21. The summed E-state index contributed by atoms with van der Waals surface area (Å²) in [7, 11) is 1.33. The molecule has 20 heavy (non-hydrogen) atoms. The Balaban J connectivity index is 1.98. The summed E-state index contributed by atoms with van der Waals surface area (Å²) in [5, 5.41) is 3.24. The number of benzene rings is 1. The van der Waals surface area contributed by atoms with E-state index in [0.29, 0.717) is 12.3 Å². The minimum Gasteiger partial charge on any atom is -0.482 e. The van der Waals surface area contributed by atoms with Crippen molar-refractivity contribution in [2.45, 2.75) is 6.54 Å². The van der Waals surface area contributed by atoms with Crippen LogP contribution >= 0.6 is 0 Å². The number of rotatable bonds is 6. The third kappa shape index (κ3) is 3.98. The summed E-state index contributed by atoms with van der Waals surface area (Å²) >= 11 is 0. The summed E-state index contributed by atoms with van der Waals surface area (Å²) in [5.74, 6) is 0.259. The second-order valence-electron chi connectivity index (χ2n) is 4.07. The molecule has 1 heterocycles. The smallest absolute Gasteiger partial charge is 0.343 e. The molecule has 0 aliphatic carbocycles. The number of aromatic nitrogens is 1. The van der Waals surface area contributed by atoms with Crippen molar-refractivity contribution in [1.29, 1.82) is 0 Å². The molecule has 0 atom stereocenters. The zero-order valence-corrected chi connectivity index (χ0v) is 11.2. The summed E-state index contributed by atoms with van der Waals surface area (Å²) in [6.45, 7) is 0.490. The van der Waals surface area contributed by atoms with Crippen LogP contribution in [0.5, 0.6) is 5.75 Å². The monoisotopic (exact) mass is 272 g/mol. The Morgan fingerprint density at radius 3 is 2.85 bits per heavy atom. The van der Waals surface area contributed by atoms with Gasteiger partial charge < -0.3 is 14.8 Å². The van der Waals surface area contributed by atoms with E-state index in [1.807, 2.05) is 36.4 Å². The first kappa shape index (κ1) is 13.9. The Labute approximate surface area is 117 Å². The van der Waals surface area contributed by atoms with E-state index in [-0.39, 0.29) is 6.61 Å². The fourth-order valence-electron chi connectivity index (χ4n) is 1.65. The van der Waals surface area contributed by atoms with E-state index in [4.69, 9.17) is 4.74 Å². The predicted octanol–water partition coefficient (Wildman–Crippen LogP) is 2.25. The number of carbonyl (C=O) groups is 1. The molecule has 5 nitrogen and oxygen atoms in total. The Morgan fingerprint density at radius 2 is 2.10 bits per heavy atom. The van der Waals surface area contributed by atoms with Crippen LogP contribution in [-0.4, -0.2) is 24.7 Å². The lowest BCUT2D eigenvalue weighted by atomic mass is 10.2. The SMILES string of the molecule is COC(=O)COc1ccccc1CNc1cccnc1. The first-order valence-electron chi connectivity index (χ1n) is 6.21. The van der Waals surface area contributed by atoms with Gasteiger partial charge in [0.15, 0.2) is 6.61 Å². The van der Waals surface area contributed by atoms with Crippen LogP contribution in [0.3, 0.4) is 0 Å². The molecule has 0 spiro atoms. The van der Waals surface area contributed by atoms with E-state index in [1.165, 1.54) is 7.11 Å². The molecular weight excluding hydrogens is 256 g/mol. The van der Waals surface area contributed by atoms with Gasteiger partial charge in [-0.3, -0.25) is 4.98 Å². The standard InChI is InChI=1S/C15H16N2O3/c1-19-15(18)11-20-14-7-3-2-5-12(14)9-17-13-6-4-8-16-10-13/h2-8,10,17H,9,11H2,1H3. The number of methoxy groups -OCH3 is 1. The van der Waals surface area contributed by atoms with Crippen LogP contribution in [0.1, 0.15) is 5.56 Å². The van der Waals surface area contributed by atoms with Gasteiger partial charge in [0, 0.05) is 24.5 Å². The fourth-order valence-corrected chi connectivity index (χ4v) is 1.65. The van der Waals surface area contributed by atoms with Gasteiger partial charge in [0.25, 0.3) is 0 Å². The van der Waals surface area contributed by atoms with Gasteiger partial charge in [-0.05, 0) is 18.2 Å². The van der Waals surface area contributed by atoms with Gasteiger partial charge in [0.05, 0.1) is 12.8 Å². The highest BCUT2D eigenvalue weighted by molar-refractivity contribution is 5.70. The quantitative estimate of drug-likeness (QED) is 0.817. The van der Waals surface area contributed by atoms with E-state index in [0.717, 1.165) is 11.3 Å². The van der Waals surface area contributed by atoms with Crippen molar-refractivity contribution in [3.8, 4) is 5.75 Å². The number of hydrogen-bond acceptors (Lipinski definition) is 5. The van der Waals surface area contributed by atoms with Gasteiger partial charge in [-0.15, -0.1) is 0 Å². The van der Waals surface area contributed by atoms with Crippen molar-refractivity contribution >= 4 is 11.7 Å². The minimum absolute atomic E-state index is 0.0968. The molecule has 2 rings (SSSR count). The van der Waals surface area contributed by atoms with Crippen molar-refractivity contribution in [3.05, 3.63) is 54.4 Å². The van der Waals surface area contributed by atoms with Gasteiger partial charge in [-0.2, -0.15) is 0 Å². The zero-order valence-electron chi connectivity index (χ0n) is 11.2. The number of nitrogens with zero attached hydrogens (tertiary/aromatic N) is 1. The Bertz CT molecular complexity index is 558. The van der Waals surface area contributed by atoms with Crippen molar-refractivity contribution in [1.82, 2.24) is 4.98 Å². The average Bonchev–Trinajstić information content (AvgIpc) is 2.52. The van der Waals surface area contributed by atoms with Gasteiger partial charge in [0.1, 0.15) is 5.75 Å². The number of nitrogens with one attached hydrogen (secondary N) is 1. The fraction of sp³-hybridized carbons (Fsp3) is 0.200. The van der Waals surface area contributed by atoms with Gasteiger partial charge in [-0.25, -0.2) is 4.79 Å². The Hall–Kier alpha value is -2.56. The van der Waals surface area contributed by atoms with Crippen molar-refractivity contribution < 1.29 is 14.3 Å². The van der Waals surface area contributed by atoms with Crippen LogP contribution in [0.4, 0.5) is 5.69 Å². The van der Waals surface area contributed by atoms with Crippen LogP contribution < -0.4 is 10.1 Å². The second kappa shape index (κ2) is 7.13. The number of pyridine rings is 1. The molecule has 104 valence electrons.